The topological polar surface area (TPSA) is 0 Å². The quantitative estimate of drug-likeness (QED) is 0.362. The first-order valence-corrected chi connectivity index (χ1v) is 9.40. The van der Waals surface area contributed by atoms with Crippen molar-refractivity contribution in [2.24, 2.45) is 0 Å². The Morgan fingerprint density at radius 1 is 0.880 bits per heavy atom. The molecular formula is C25H30. The van der Waals surface area contributed by atoms with Gasteiger partial charge in [0, 0.05) is 0 Å². The summed E-state index contributed by atoms with van der Waals surface area (Å²) in [7, 11) is 0. The Balaban J connectivity index is 2.73. The predicted molar refractivity (Wildman–Crippen MR) is 113 cm³/mol. The molecule has 2 aromatic rings. The maximum atomic E-state index is 2.38. The molecule has 0 saturated carbocycles. The summed E-state index contributed by atoms with van der Waals surface area (Å²) in [6, 6.07) is 19.7. The monoisotopic (exact) mass is 330 g/mol. The predicted octanol–water partition coefficient (Wildman–Crippen LogP) is 7.62. The van der Waals surface area contributed by atoms with Crippen molar-refractivity contribution in [2.75, 3.05) is 0 Å². The van der Waals surface area contributed by atoms with Crippen LogP contribution in [-0.4, -0.2) is 0 Å². The fourth-order valence-corrected chi connectivity index (χ4v) is 3.13. The lowest BCUT2D eigenvalue weighted by Crippen LogP contribution is -1.96. The van der Waals surface area contributed by atoms with Gasteiger partial charge in [0.1, 0.15) is 0 Å². The summed E-state index contributed by atoms with van der Waals surface area (Å²) in [5.74, 6) is 0. The van der Waals surface area contributed by atoms with Gasteiger partial charge < -0.3 is 0 Å². The zero-order chi connectivity index (χ0) is 18.1. The van der Waals surface area contributed by atoms with Gasteiger partial charge in [-0.1, -0.05) is 98.7 Å². The van der Waals surface area contributed by atoms with Gasteiger partial charge in [-0.3, -0.25) is 0 Å². The Morgan fingerprint density at radius 2 is 1.56 bits per heavy atom. The normalized spacial score (nSPS) is 13.2. The van der Waals surface area contributed by atoms with Gasteiger partial charge >= 0.3 is 0 Å². The number of hydrogen-bond donors (Lipinski definition) is 0. The van der Waals surface area contributed by atoms with E-state index in [1.165, 1.54) is 33.4 Å². The molecule has 0 N–H and O–H groups in total. The Hall–Kier alpha value is -2.34. The molecule has 0 atom stereocenters. The molecule has 0 aliphatic rings. The van der Waals surface area contributed by atoms with Crippen LogP contribution in [0.4, 0.5) is 0 Å². The second-order valence-corrected chi connectivity index (χ2v) is 6.39. The summed E-state index contributed by atoms with van der Waals surface area (Å²) in [4.78, 5) is 0. The van der Waals surface area contributed by atoms with Crippen LogP contribution in [0.15, 0.2) is 78.4 Å². The zero-order valence-electron chi connectivity index (χ0n) is 16.0. The third-order valence-corrected chi connectivity index (χ3v) is 4.41. The van der Waals surface area contributed by atoms with E-state index in [9.17, 15) is 0 Å². The van der Waals surface area contributed by atoms with Crippen LogP contribution < -0.4 is 0 Å². The Kier molecular flexibility index (Phi) is 7.47. The number of unbranched alkanes of at least 4 members (excludes halogenated alkanes) is 1. The van der Waals surface area contributed by atoms with Gasteiger partial charge in [-0.15, -0.1) is 0 Å². The number of allylic oxidation sites excluding steroid dienone is 6. The number of rotatable bonds is 7. The van der Waals surface area contributed by atoms with Crippen LogP contribution in [0.5, 0.6) is 0 Å². The van der Waals surface area contributed by atoms with Crippen LogP contribution >= 0.6 is 0 Å². The smallest absolute Gasteiger partial charge is 0.00768 e. The van der Waals surface area contributed by atoms with Gasteiger partial charge in [-0.25, -0.2) is 0 Å². The minimum Gasteiger partial charge on any atom is -0.0871 e. The summed E-state index contributed by atoms with van der Waals surface area (Å²) in [6.45, 7) is 8.73. The Bertz CT molecular complexity index is 740. The van der Waals surface area contributed by atoms with Crippen LogP contribution in [0.2, 0.25) is 0 Å². The van der Waals surface area contributed by atoms with E-state index in [0.29, 0.717) is 0 Å². The van der Waals surface area contributed by atoms with Gasteiger partial charge in [0.05, 0.1) is 0 Å². The summed E-state index contributed by atoms with van der Waals surface area (Å²) >= 11 is 0. The van der Waals surface area contributed by atoms with Crippen LogP contribution in [-0.2, 0) is 0 Å². The molecule has 0 aromatic heterocycles. The standard InChI is InChI=1S/C25H30/c1-5-8-13-22(12-6-2)25(23-18-16-20(4)17-19-23)24(7-3)21-14-10-9-11-15-21/h6,9-19H,5,7-8H2,1-4H3/b12-6-,22-13+,25-24-. The van der Waals surface area contributed by atoms with Crippen molar-refractivity contribution < 1.29 is 0 Å². The van der Waals surface area contributed by atoms with Crippen LogP contribution in [0.25, 0.3) is 11.1 Å². The van der Waals surface area contributed by atoms with Crippen LogP contribution in [0.1, 0.15) is 56.7 Å². The second-order valence-electron chi connectivity index (χ2n) is 6.39. The highest BCUT2D eigenvalue weighted by atomic mass is 14.2. The fourth-order valence-electron chi connectivity index (χ4n) is 3.13. The van der Waals surface area contributed by atoms with Crippen molar-refractivity contribution in [1.29, 1.82) is 0 Å². The highest BCUT2D eigenvalue weighted by Gasteiger charge is 2.13. The molecule has 0 amide bonds. The van der Waals surface area contributed by atoms with E-state index in [0.717, 1.165) is 19.3 Å². The van der Waals surface area contributed by atoms with Crippen molar-refractivity contribution in [3.05, 3.63) is 95.1 Å². The highest BCUT2D eigenvalue weighted by Crippen LogP contribution is 2.35. The molecule has 0 heteroatoms. The Morgan fingerprint density at radius 3 is 2.12 bits per heavy atom. The number of aryl methyl sites for hydroxylation is 1. The SMILES string of the molecule is C\C=C/C(=C\CCC)C(=C(\CC)c1ccccc1)/c1ccc(C)cc1. The summed E-state index contributed by atoms with van der Waals surface area (Å²) < 4.78 is 0. The van der Waals surface area contributed by atoms with E-state index in [4.69, 9.17) is 0 Å². The van der Waals surface area contributed by atoms with Gasteiger partial charge in [0.25, 0.3) is 0 Å². The minimum absolute atomic E-state index is 1.01. The average Bonchev–Trinajstić information content (AvgIpc) is 2.65. The summed E-state index contributed by atoms with van der Waals surface area (Å²) in [5.41, 5.74) is 8.00. The molecule has 2 aromatic carbocycles. The molecular weight excluding hydrogens is 300 g/mol. The van der Waals surface area contributed by atoms with Crippen molar-refractivity contribution >= 4 is 11.1 Å². The van der Waals surface area contributed by atoms with E-state index in [2.05, 4.69) is 101 Å². The molecule has 2 rings (SSSR count). The lowest BCUT2D eigenvalue weighted by Gasteiger charge is -2.17. The first kappa shape index (κ1) is 19.0. The lowest BCUT2D eigenvalue weighted by molar-refractivity contribution is 0.955. The molecule has 0 bridgehead atoms. The molecule has 0 aliphatic carbocycles. The van der Waals surface area contributed by atoms with Gasteiger partial charge in [0.15, 0.2) is 0 Å². The third kappa shape index (κ3) is 5.06. The largest absolute Gasteiger partial charge is 0.0871 e. The minimum atomic E-state index is 1.01. The molecule has 0 heterocycles. The maximum Gasteiger partial charge on any atom is -0.00768 e. The maximum absolute atomic E-state index is 2.38. The number of benzene rings is 2. The Labute approximate surface area is 153 Å². The van der Waals surface area contributed by atoms with Crippen molar-refractivity contribution in [3.63, 3.8) is 0 Å². The van der Waals surface area contributed by atoms with Crippen LogP contribution in [0, 0.1) is 6.92 Å². The summed E-state index contributed by atoms with van der Waals surface area (Å²) in [6.07, 6.45) is 10.1. The molecule has 0 unspecified atom stereocenters. The molecule has 25 heavy (non-hydrogen) atoms. The van der Waals surface area contributed by atoms with E-state index < -0.39 is 0 Å². The lowest BCUT2D eigenvalue weighted by atomic mass is 9.87. The second kappa shape index (κ2) is 9.84. The molecule has 0 nitrogen and oxygen atoms in total. The molecule has 130 valence electrons. The zero-order valence-corrected chi connectivity index (χ0v) is 16.0. The third-order valence-electron chi connectivity index (χ3n) is 4.41. The molecule has 0 fully saturated rings. The van der Waals surface area contributed by atoms with E-state index >= 15 is 0 Å². The molecule has 0 radical (unpaired) electrons. The summed E-state index contributed by atoms with van der Waals surface area (Å²) in [5, 5.41) is 0. The first-order chi connectivity index (χ1) is 12.2. The van der Waals surface area contributed by atoms with Gasteiger partial charge in [0.2, 0.25) is 0 Å². The number of hydrogen-bond acceptors (Lipinski definition) is 0. The van der Waals surface area contributed by atoms with Crippen molar-refractivity contribution in [2.45, 2.75) is 47.0 Å². The van der Waals surface area contributed by atoms with Crippen molar-refractivity contribution in [3.8, 4) is 0 Å². The molecule has 0 saturated heterocycles. The van der Waals surface area contributed by atoms with Gasteiger partial charge in [-0.05, 0) is 54.5 Å². The highest BCUT2D eigenvalue weighted by molar-refractivity contribution is 5.99. The van der Waals surface area contributed by atoms with Crippen LogP contribution in [0.3, 0.4) is 0 Å². The van der Waals surface area contributed by atoms with Gasteiger partial charge in [-0.2, -0.15) is 0 Å². The van der Waals surface area contributed by atoms with E-state index in [1.807, 2.05) is 0 Å². The molecule has 0 spiro atoms. The average molecular weight is 331 g/mol. The molecule has 0 aliphatic heterocycles. The first-order valence-electron chi connectivity index (χ1n) is 9.40. The fraction of sp³-hybridized carbons (Fsp3) is 0.280. The van der Waals surface area contributed by atoms with E-state index in [-0.39, 0.29) is 0 Å². The van der Waals surface area contributed by atoms with Crippen molar-refractivity contribution in [1.82, 2.24) is 0 Å². The van der Waals surface area contributed by atoms with E-state index in [1.54, 1.807) is 0 Å².